The van der Waals surface area contributed by atoms with Crippen LogP contribution in [0.15, 0.2) is 36.8 Å². The number of benzene rings is 1. The zero-order chi connectivity index (χ0) is 13.7. The van der Waals surface area contributed by atoms with E-state index in [1.54, 1.807) is 0 Å². The number of hydrogen-bond donors (Lipinski definition) is 1. The number of aromatic nitrogens is 2. The fourth-order valence-electron chi connectivity index (χ4n) is 2.36. The highest BCUT2D eigenvalue weighted by molar-refractivity contribution is 5.27. The summed E-state index contributed by atoms with van der Waals surface area (Å²) in [4.78, 5) is 4.24. The van der Waals surface area contributed by atoms with Crippen LogP contribution < -0.4 is 5.32 Å². The zero-order valence-corrected chi connectivity index (χ0v) is 12.1. The fourth-order valence-corrected chi connectivity index (χ4v) is 2.36. The Bertz CT molecular complexity index is 516. The van der Waals surface area contributed by atoms with Crippen LogP contribution in [0.5, 0.6) is 0 Å². The minimum absolute atomic E-state index is 0.327. The van der Waals surface area contributed by atoms with Crippen LogP contribution in [-0.2, 0) is 13.5 Å². The lowest BCUT2D eigenvalue weighted by Crippen LogP contribution is -2.26. The van der Waals surface area contributed by atoms with E-state index in [9.17, 15) is 0 Å². The van der Waals surface area contributed by atoms with Crippen molar-refractivity contribution in [2.24, 2.45) is 7.05 Å². The van der Waals surface area contributed by atoms with Crippen LogP contribution in [0, 0.1) is 6.92 Å². The predicted molar refractivity (Wildman–Crippen MR) is 79.1 cm³/mol. The Hall–Kier alpha value is -1.61. The van der Waals surface area contributed by atoms with Crippen LogP contribution in [-0.4, -0.2) is 16.1 Å². The molecule has 0 amide bonds. The van der Waals surface area contributed by atoms with Crippen LogP contribution in [0.25, 0.3) is 0 Å². The van der Waals surface area contributed by atoms with Gasteiger partial charge in [0.15, 0.2) is 0 Å². The number of rotatable bonds is 6. The van der Waals surface area contributed by atoms with E-state index in [2.05, 4.69) is 60.0 Å². The van der Waals surface area contributed by atoms with Gasteiger partial charge in [0, 0.05) is 13.2 Å². The Kier molecular flexibility index (Phi) is 4.74. The van der Waals surface area contributed by atoms with Gasteiger partial charge in [-0.05, 0) is 37.4 Å². The van der Waals surface area contributed by atoms with Crippen molar-refractivity contribution in [3.63, 3.8) is 0 Å². The molecule has 3 heteroatoms. The second-order valence-corrected chi connectivity index (χ2v) is 5.07. The number of aryl methyl sites for hydroxylation is 2. The molecule has 1 N–H and O–H groups in total. The molecule has 0 aliphatic carbocycles. The molecular formula is C16H23N3. The van der Waals surface area contributed by atoms with Crippen LogP contribution in [0.3, 0.4) is 0 Å². The molecular weight excluding hydrogens is 234 g/mol. The summed E-state index contributed by atoms with van der Waals surface area (Å²) >= 11 is 0. The Balaban J connectivity index is 2.19. The van der Waals surface area contributed by atoms with Gasteiger partial charge in [0.1, 0.15) is 0 Å². The Morgan fingerprint density at radius 2 is 2.11 bits per heavy atom. The summed E-state index contributed by atoms with van der Waals surface area (Å²) in [6, 6.07) is 8.93. The number of imidazole rings is 1. The van der Waals surface area contributed by atoms with Crippen molar-refractivity contribution in [3.05, 3.63) is 53.6 Å². The van der Waals surface area contributed by atoms with E-state index in [0.29, 0.717) is 6.04 Å². The lowest BCUT2D eigenvalue weighted by molar-refractivity contribution is 0.503. The molecule has 0 bridgehead atoms. The van der Waals surface area contributed by atoms with E-state index in [1.807, 2.05) is 12.5 Å². The molecule has 19 heavy (non-hydrogen) atoms. The summed E-state index contributed by atoms with van der Waals surface area (Å²) in [7, 11) is 2.06. The van der Waals surface area contributed by atoms with E-state index in [0.717, 1.165) is 19.4 Å². The van der Waals surface area contributed by atoms with Crippen molar-refractivity contribution >= 4 is 0 Å². The molecule has 2 aromatic rings. The van der Waals surface area contributed by atoms with Gasteiger partial charge in [-0.3, -0.25) is 0 Å². The highest BCUT2D eigenvalue weighted by Crippen LogP contribution is 2.20. The first-order valence-corrected chi connectivity index (χ1v) is 6.96. The summed E-state index contributed by atoms with van der Waals surface area (Å²) in [6.45, 7) is 5.40. The number of nitrogens with one attached hydrogen (secondary N) is 1. The van der Waals surface area contributed by atoms with Crippen molar-refractivity contribution in [1.82, 2.24) is 14.9 Å². The lowest BCUT2D eigenvalue weighted by Gasteiger charge is -2.20. The molecule has 1 atom stereocenters. The third kappa shape index (κ3) is 3.44. The number of hydrogen-bond acceptors (Lipinski definition) is 2. The maximum Gasteiger partial charge on any atom is 0.0946 e. The van der Waals surface area contributed by atoms with Gasteiger partial charge in [0.2, 0.25) is 0 Å². The topological polar surface area (TPSA) is 29.9 Å². The third-order valence-electron chi connectivity index (χ3n) is 3.54. The first kappa shape index (κ1) is 13.8. The van der Waals surface area contributed by atoms with Crippen molar-refractivity contribution < 1.29 is 0 Å². The van der Waals surface area contributed by atoms with Gasteiger partial charge in [-0.2, -0.15) is 0 Å². The molecule has 0 radical (unpaired) electrons. The molecule has 3 nitrogen and oxygen atoms in total. The molecule has 0 fully saturated rings. The smallest absolute Gasteiger partial charge is 0.0946 e. The van der Waals surface area contributed by atoms with Crippen molar-refractivity contribution in [3.8, 4) is 0 Å². The second-order valence-electron chi connectivity index (χ2n) is 5.07. The Labute approximate surface area is 115 Å². The Morgan fingerprint density at radius 3 is 2.74 bits per heavy atom. The van der Waals surface area contributed by atoms with E-state index < -0.39 is 0 Å². The first-order chi connectivity index (χ1) is 9.22. The highest BCUT2D eigenvalue weighted by Gasteiger charge is 2.15. The largest absolute Gasteiger partial charge is 0.336 e. The monoisotopic (exact) mass is 257 g/mol. The molecule has 1 unspecified atom stereocenters. The molecule has 1 heterocycles. The van der Waals surface area contributed by atoms with E-state index in [4.69, 9.17) is 0 Å². The van der Waals surface area contributed by atoms with Gasteiger partial charge < -0.3 is 9.88 Å². The maximum absolute atomic E-state index is 4.24. The van der Waals surface area contributed by atoms with Crippen LogP contribution in [0.4, 0.5) is 0 Å². The van der Waals surface area contributed by atoms with E-state index >= 15 is 0 Å². The van der Waals surface area contributed by atoms with Crippen molar-refractivity contribution in [1.29, 1.82) is 0 Å². The minimum atomic E-state index is 0.327. The summed E-state index contributed by atoms with van der Waals surface area (Å²) in [5, 5.41) is 3.63. The van der Waals surface area contributed by atoms with Crippen LogP contribution in [0.2, 0.25) is 0 Å². The average molecular weight is 257 g/mol. The van der Waals surface area contributed by atoms with E-state index in [-0.39, 0.29) is 0 Å². The van der Waals surface area contributed by atoms with Crippen molar-refractivity contribution in [2.75, 3.05) is 6.54 Å². The van der Waals surface area contributed by atoms with Crippen LogP contribution in [0.1, 0.15) is 36.2 Å². The van der Waals surface area contributed by atoms with E-state index in [1.165, 1.54) is 16.8 Å². The quantitative estimate of drug-likeness (QED) is 0.862. The first-order valence-electron chi connectivity index (χ1n) is 6.96. The average Bonchev–Trinajstić information content (AvgIpc) is 2.83. The van der Waals surface area contributed by atoms with Gasteiger partial charge in [-0.1, -0.05) is 31.2 Å². The summed E-state index contributed by atoms with van der Waals surface area (Å²) in [5.41, 5.74) is 4.00. The van der Waals surface area contributed by atoms with Gasteiger partial charge in [0.25, 0.3) is 0 Å². The molecule has 0 spiro atoms. The van der Waals surface area contributed by atoms with Gasteiger partial charge >= 0.3 is 0 Å². The second kappa shape index (κ2) is 6.53. The normalized spacial score (nSPS) is 12.6. The lowest BCUT2D eigenvalue weighted by atomic mass is 9.99. The standard InChI is InChI=1S/C16H23N3/c1-4-9-18-15(16-11-17-12-19(16)3)10-14-8-6-5-7-13(14)2/h5-8,11-12,15,18H,4,9-10H2,1-3H3. The van der Waals surface area contributed by atoms with Crippen molar-refractivity contribution in [2.45, 2.75) is 32.7 Å². The minimum Gasteiger partial charge on any atom is -0.336 e. The van der Waals surface area contributed by atoms with Crippen LogP contribution >= 0.6 is 0 Å². The molecule has 2 rings (SSSR count). The summed E-state index contributed by atoms with van der Waals surface area (Å²) < 4.78 is 2.10. The predicted octanol–water partition coefficient (Wildman–Crippen LogP) is 3.01. The fraction of sp³-hybridized carbons (Fsp3) is 0.438. The Morgan fingerprint density at radius 1 is 1.32 bits per heavy atom. The molecule has 0 aliphatic rings. The molecule has 0 saturated carbocycles. The summed E-state index contributed by atoms with van der Waals surface area (Å²) in [5.74, 6) is 0. The highest BCUT2D eigenvalue weighted by atomic mass is 15.1. The molecule has 1 aromatic carbocycles. The number of nitrogens with zero attached hydrogens (tertiary/aromatic N) is 2. The molecule has 1 aromatic heterocycles. The molecule has 0 saturated heterocycles. The SMILES string of the molecule is CCCNC(Cc1ccccc1C)c1cncn1C. The molecule has 0 aliphatic heterocycles. The van der Waals surface area contributed by atoms with Gasteiger partial charge in [-0.25, -0.2) is 4.98 Å². The summed E-state index contributed by atoms with van der Waals surface area (Å²) in [6.07, 6.45) is 5.98. The van der Waals surface area contributed by atoms with Gasteiger partial charge in [0.05, 0.1) is 18.1 Å². The van der Waals surface area contributed by atoms with Gasteiger partial charge in [-0.15, -0.1) is 0 Å². The zero-order valence-electron chi connectivity index (χ0n) is 12.1. The molecule has 102 valence electrons. The maximum atomic E-state index is 4.24. The third-order valence-corrected chi connectivity index (χ3v) is 3.54.